The van der Waals surface area contributed by atoms with Gasteiger partial charge in [0.05, 0.1) is 16.7 Å². The van der Waals surface area contributed by atoms with E-state index in [-0.39, 0.29) is 6.54 Å². The Bertz CT molecular complexity index is 492. The number of carboxylic acids is 1. The molecule has 0 amide bonds. The summed E-state index contributed by atoms with van der Waals surface area (Å²) in [5.41, 5.74) is 0.368. The third-order valence-corrected chi connectivity index (χ3v) is 3.44. The zero-order valence-corrected chi connectivity index (χ0v) is 11.5. The number of aliphatic carboxylic acids is 1. The van der Waals surface area contributed by atoms with E-state index in [4.69, 9.17) is 10.4 Å². The van der Waals surface area contributed by atoms with E-state index in [1.807, 2.05) is 18.4 Å². The molecule has 0 aliphatic heterocycles. The summed E-state index contributed by atoms with van der Waals surface area (Å²) in [5, 5.41) is 21.2. The van der Waals surface area contributed by atoms with Crippen molar-refractivity contribution in [2.45, 2.75) is 18.7 Å². The number of anilines is 1. The second-order valence-corrected chi connectivity index (χ2v) is 5.39. The van der Waals surface area contributed by atoms with Crippen molar-refractivity contribution in [1.82, 2.24) is 0 Å². The predicted octanol–water partition coefficient (Wildman–Crippen LogP) is 2.80. The van der Waals surface area contributed by atoms with Crippen LogP contribution in [-0.2, 0) is 4.79 Å². The van der Waals surface area contributed by atoms with Crippen molar-refractivity contribution in [1.29, 1.82) is 5.26 Å². The van der Waals surface area contributed by atoms with Crippen molar-refractivity contribution in [2.75, 3.05) is 18.1 Å². The van der Waals surface area contributed by atoms with Crippen LogP contribution in [0.3, 0.4) is 0 Å². The van der Waals surface area contributed by atoms with Crippen molar-refractivity contribution in [3.63, 3.8) is 0 Å². The molecule has 0 atom stereocenters. The first-order valence-electron chi connectivity index (χ1n) is 5.46. The molecule has 96 valence electrons. The summed E-state index contributed by atoms with van der Waals surface area (Å²) < 4.78 is 0. The van der Waals surface area contributed by atoms with E-state index in [2.05, 4.69) is 11.4 Å². The minimum atomic E-state index is -0.873. The van der Waals surface area contributed by atoms with Crippen molar-refractivity contribution in [3.05, 3.63) is 23.8 Å². The normalized spacial score (nSPS) is 10.8. The molecule has 0 radical (unpaired) electrons. The van der Waals surface area contributed by atoms with Crippen LogP contribution < -0.4 is 5.32 Å². The van der Waals surface area contributed by atoms with E-state index >= 15 is 0 Å². The van der Waals surface area contributed by atoms with Crippen molar-refractivity contribution in [2.24, 2.45) is 5.41 Å². The van der Waals surface area contributed by atoms with Gasteiger partial charge in [-0.2, -0.15) is 5.26 Å². The average molecular weight is 264 g/mol. The molecule has 0 aliphatic carbocycles. The first-order valence-corrected chi connectivity index (χ1v) is 6.69. The fraction of sp³-hybridized carbons (Fsp3) is 0.385. The second kappa shape index (κ2) is 5.78. The number of nitriles is 1. The maximum atomic E-state index is 11.0. The molecule has 1 rings (SSSR count). The summed E-state index contributed by atoms with van der Waals surface area (Å²) in [4.78, 5) is 11.9. The Hall–Kier alpha value is -1.67. The molecule has 4 nitrogen and oxygen atoms in total. The van der Waals surface area contributed by atoms with Crippen LogP contribution in [0, 0.1) is 16.7 Å². The number of carbonyl (C=O) groups is 1. The Labute approximate surface area is 111 Å². The summed E-state index contributed by atoms with van der Waals surface area (Å²) >= 11 is 1.50. The van der Waals surface area contributed by atoms with Gasteiger partial charge in [0.25, 0.3) is 0 Å². The molecule has 0 unspecified atom stereocenters. The van der Waals surface area contributed by atoms with Crippen LogP contribution >= 0.6 is 11.8 Å². The molecule has 0 spiro atoms. The molecule has 0 bridgehead atoms. The molecule has 1 aromatic rings. The number of nitrogens with one attached hydrogen (secondary N) is 1. The second-order valence-electron chi connectivity index (χ2n) is 4.54. The molecule has 0 heterocycles. The fourth-order valence-corrected chi connectivity index (χ4v) is 1.93. The molecule has 2 N–H and O–H groups in total. The number of nitrogens with zero attached hydrogens (tertiary/aromatic N) is 1. The number of benzene rings is 1. The van der Waals surface area contributed by atoms with E-state index in [9.17, 15) is 4.79 Å². The van der Waals surface area contributed by atoms with Crippen LogP contribution in [0.1, 0.15) is 19.4 Å². The summed E-state index contributed by atoms with van der Waals surface area (Å²) in [6.07, 6.45) is 1.90. The molecule has 0 aliphatic rings. The van der Waals surface area contributed by atoms with E-state index in [1.54, 1.807) is 19.9 Å². The lowest BCUT2D eigenvalue weighted by molar-refractivity contribution is -0.146. The molecule has 1 aromatic carbocycles. The van der Waals surface area contributed by atoms with Crippen LogP contribution in [0.15, 0.2) is 23.1 Å². The first-order chi connectivity index (χ1) is 8.42. The zero-order valence-electron chi connectivity index (χ0n) is 10.7. The standard InChI is InChI=1S/C13H16N2O2S/c1-13(2,12(16)17)8-15-10-5-4-6-11(18-3)9(10)7-14/h4-6,15H,8H2,1-3H3,(H,16,17). The zero-order chi connectivity index (χ0) is 13.8. The molecule has 0 fully saturated rings. The molecule has 0 saturated heterocycles. The van der Waals surface area contributed by atoms with Crippen LogP contribution in [0.2, 0.25) is 0 Å². The molecular formula is C13H16N2O2S. The van der Waals surface area contributed by atoms with Crippen molar-refractivity contribution in [3.8, 4) is 6.07 Å². The first kappa shape index (κ1) is 14.4. The van der Waals surface area contributed by atoms with Crippen molar-refractivity contribution >= 4 is 23.4 Å². The fourth-order valence-electron chi connectivity index (χ4n) is 1.36. The van der Waals surface area contributed by atoms with Crippen LogP contribution in [-0.4, -0.2) is 23.9 Å². The van der Waals surface area contributed by atoms with Crippen molar-refractivity contribution < 1.29 is 9.90 Å². The van der Waals surface area contributed by atoms with Gasteiger partial charge in [-0.05, 0) is 32.2 Å². The van der Waals surface area contributed by atoms with E-state index in [1.165, 1.54) is 11.8 Å². The van der Waals surface area contributed by atoms with E-state index in [0.717, 1.165) is 4.90 Å². The molecule has 0 aromatic heterocycles. The Morgan fingerprint density at radius 2 is 2.22 bits per heavy atom. The summed E-state index contributed by atoms with van der Waals surface area (Å²) in [5.74, 6) is -0.866. The number of hydrogen-bond acceptors (Lipinski definition) is 4. The average Bonchev–Trinajstić information content (AvgIpc) is 2.35. The smallest absolute Gasteiger partial charge is 0.310 e. The van der Waals surface area contributed by atoms with Crippen LogP contribution in [0.5, 0.6) is 0 Å². The summed E-state index contributed by atoms with van der Waals surface area (Å²) in [7, 11) is 0. The molecule has 5 heteroatoms. The summed E-state index contributed by atoms with van der Waals surface area (Å²) in [6.45, 7) is 3.56. The molecule has 0 saturated carbocycles. The highest BCUT2D eigenvalue weighted by molar-refractivity contribution is 7.98. The van der Waals surface area contributed by atoms with Gasteiger partial charge >= 0.3 is 5.97 Å². The monoisotopic (exact) mass is 264 g/mol. The number of carboxylic acid groups (broad SMARTS) is 1. The lowest BCUT2D eigenvalue weighted by Crippen LogP contribution is -2.31. The van der Waals surface area contributed by atoms with Gasteiger partial charge in [-0.25, -0.2) is 0 Å². The van der Waals surface area contributed by atoms with E-state index < -0.39 is 11.4 Å². The molecule has 18 heavy (non-hydrogen) atoms. The molecular weight excluding hydrogens is 248 g/mol. The van der Waals surface area contributed by atoms with Crippen LogP contribution in [0.25, 0.3) is 0 Å². The number of hydrogen-bond donors (Lipinski definition) is 2. The minimum absolute atomic E-state index is 0.273. The van der Waals surface area contributed by atoms with E-state index in [0.29, 0.717) is 11.3 Å². The third-order valence-electron chi connectivity index (χ3n) is 2.66. The predicted molar refractivity (Wildman–Crippen MR) is 72.8 cm³/mol. The van der Waals surface area contributed by atoms with Crippen LogP contribution in [0.4, 0.5) is 5.69 Å². The highest BCUT2D eigenvalue weighted by Crippen LogP contribution is 2.27. The summed E-state index contributed by atoms with van der Waals surface area (Å²) in [6, 6.07) is 7.66. The van der Waals surface area contributed by atoms with Gasteiger partial charge in [-0.1, -0.05) is 6.07 Å². The topological polar surface area (TPSA) is 73.1 Å². The Morgan fingerprint density at radius 3 is 2.72 bits per heavy atom. The minimum Gasteiger partial charge on any atom is -0.481 e. The lowest BCUT2D eigenvalue weighted by Gasteiger charge is -2.21. The SMILES string of the molecule is CSc1cccc(NCC(C)(C)C(=O)O)c1C#N. The number of rotatable bonds is 5. The Morgan fingerprint density at radius 1 is 1.56 bits per heavy atom. The van der Waals surface area contributed by atoms with Gasteiger partial charge in [-0.15, -0.1) is 11.8 Å². The van der Waals surface area contributed by atoms with Gasteiger partial charge < -0.3 is 10.4 Å². The lowest BCUT2D eigenvalue weighted by atomic mass is 9.93. The van der Waals surface area contributed by atoms with Gasteiger partial charge in [-0.3, -0.25) is 4.79 Å². The Kier molecular flexibility index (Phi) is 4.62. The van der Waals surface area contributed by atoms with Gasteiger partial charge in [0.15, 0.2) is 0 Å². The maximum absolute atomic E-state index is 11.0. The van der Waals surface area contributed by atoms with Gasteiger partial charge in [0, 0.05) is 11.4 Å². The highest BCUT2D eigenvalue weighted by atomic mass is 32.2. The number of thioether (sulfide) groups is 1. The Balaban J connectivity index is 2.93. The van der Waals surface area contributed by atoms with Gasteiger partial charge in [0.1, 0.15) is 6.07 Å². The highest BCUT2D eigenvalue weighted by Gasteiger charge is 2.27. The quantitative estimate of drug-likeness (QED) is 0.800. The largest absolute Gasteiger partial charge is 0.481 e. The third kappa shape index (κ3) is 3.17. The van der Waals surface area contributed by atoms with Gasteiger partial charge in [0.2, 0.25) is 0 Å². The maximum Gasteiger partial charge on any atom is 0.310 e.